The Morgan fingerprint density at radius 2 is 1.69 bits per heavy atom. The number of benzene rings is 3. The molecule has 35 heavy (non-hydrogen) atoms. The van der Waals surface area contributed by atoms with Gasteiger partial charge in [0.25, 0.3) is 0 Å². The second kappa shape index (κ2) is 8.83. The Kier molecular flexibility index (Phi) is 5.51. The smallest absolute Gasteiger partial charge is 0.228 e. The molecule has 1 aliphatic heterocycles. The van der Waals surface area contributed by atoms with Crippen molar-refractivity contribution in [1.82, 2.24) is 14.6 Å². The third-order valence-corrected chi connectivity index (χ3v) is 7.79. The molecule has 7 heteroatoms. The van der Waals surface area contributed by atoms with Gasteiger partial charge < -0.3 is 10.5 Å². The topological polar surface area (TPSA) is 82.5 Å². The highest BCUT2D eigenvalue weighted by atomic mass is 32.2. The monoisotopic (exact) mass is 480 g/mol. The van der Waals surface area contributed by atoms with Crippen LogP contribution in [0.2, 0.25) is 0 Å². The van der Waals surface area contributed by atoms with E-state index in [-0.39, 0.29) is 5.91 Å². The number of carbonyl (C=O) groups excluding carboxylic acids is 1. The average Bonchev–Trinajstić information content (AvgIpc) is 3.34. The van der Waals surface area contributed by atoms with Gasteiger partial charge in [-0.3, -0.25) is 9.20 Å². The van der Waals surface area contributed by atoms with Crippen LogP contribution in [-0.2, 0) is 14.9 Å². The molecule has 0 saturated carbocycles. The van der Waals surface area contributed by atoms with Gasteiger partial charge in [-0.1, -0.05) is 54.2 Å². The highest BCUT2D eigenvalue weighted by Crippen LogP contribution is 2.38. The van der Waals surface area contributed by atoms with Crippen molar-refractivity contribution in [2.45, 2.75) is 28.0 Å². The molecule has 1 amide bonds. The lowest BCUT2D eigenvalue weighted by Gasteiger charge is -2.34. The Morgan fingerprint density at radius 1 is 0.886 bits per heavy atom. The fraction of sp³-hybridized carbons (Fsp3) is 0.179. The lowest BCUT2D eigenvalue weighted by Crippen LogP contribution is -2.45. The molecule has 3 aromatic carbocycles. The van der Waals surface area contributed by atoms with Gasteiger partial charge in [0.05, 0.1) is 10.9 Å². The van der Waals surface area contributed by atoms with Crippen molar-refractivity contribution in [1.29, 1.82) is 0 Å². The molecule has 1 aliphatic rings. The van der Waals surface area contributed by atoms with Gasteiger partial charge in [-0.25, -0.2) is 0 Å². The first-order valence-electron chi connectivity index (χ1n) is 11.6. The van der Waals surface area contributed by atoms with Gasteiger partial charge in [-0.2, -0.15) is 0 Å². The van der Waals surface area contributed by atoms with Crippen LogP contribution in [0.4, 0.5) is 0 Å². The van der Waals surface area contributed by atoms with Crippen molar-refractivity contribution in [2.24, 2.45) is 5.73 Å². The molecule has 0 aliphatic carbocycles. The molecule has 0 atom stereocenters. The number of rotatable bonds is 5. The summed E-state index contributed by atoms with van der Waals surface area (Å²) in [6.07, 6.45) is 1.23. The number of fused-ring (bicyclic) bond motifs is 3. The van der Waals surface area contributed by atoms with E-state index in [1.807, 2.05) is 48.5 Å². The van der Waals surface area contributed by atoms with E-state index in [1.54, 1.807) is 11.8 Å². The van der Waals surface area contributed by atoms with Crippen molar-refractivity contribution in [3.8, 4) is 11.4 Å². The zero-order chi connectivity index (χ0) is 23.8. The maximum Gasteiger partial charge on any atom is 0.228 e. The highest BCUT2D eigenvalue weighted by molar-refractivity contribution is 7.99. The van der Waals surface area contributed by atoms with Crippen LogP contribution < -0.4 is 5.73 Å². The van der Waals surface area contributed by atoms with Crippen molar-refractivity contribution >= 4 is 34.2 Å². The number of hydrogen-bond donors (Lipinski definition) is 1. The van der Waals surface area contributed by atoms with Gasteiger partial charge in [0.1, 0.15) is 0 Å². The quantitative estimate of drug-likeness (QED) is 0.372. The van der Waals surface area contributed by atoms with Crippen LogP contribution in [0, 0.1) is 0 Å². The molecule has 2 aromatic heterocycles. The number of hydrogen-bond acceptors (Lipinski definition) is 5. The first-order chi connectivity index (χ1) is 17.1. The zero-order valence-electron chi connectivity index (χ0n) is 19.1. The van der Waals surface area contributed by atoms with E-state index >= 15 is 0 Å². The summed E-state index contributed by atoms with van der Waals surface area (Å²) in [5.41, 5.74) is 9.08. The van der Waals surface area contributed by atoms with Crippen LogP contribution in [0.25, 0.3) is 27.9 Å². The van der Waals surface area contributed by atoms with Gasteiger partial charge in [0, 0.05) is 28.6 Å². The van der Waals surface area contributed by atoms with Crippen LogP contribution in [0.5, 0.6) is 0 Å². The average molecular weight is 481 g/mol. The molecule has 5 aromatic rings. The third-order valence-electron chi connectivity index (χ3n) is 6.81. The summed E-state index contributed by atoms with van der Waals surface area (Å²) in [5, 5.41) is 9.92. The van der Waals surface area contributed by atoms with Crippen molar-refractivity contribution in [2.75, 3.05) is 13.2 Å². The number of primary amides is 1. The van der Waals surface area contributed by atoms with E-state index in [4.69, 9.17) is 10.5 Å². The molecular weight excluding hydrogens is 456 g/mol. The minimum Gasteiger partial charge on any atom is -0.381 e. The number of aromatic nitrogens is 3. The van der Waals surface area contributed by atoms with Crippen LogP contribution in [0.1, 0.15) is 18.4 Å². The molecular formula is C28H24N4O2S. The van der Waals surface area contributed by atoms with E-state index in [9.17, 15) is 4.79 Å². The molecule has 174 valence electrons. The summed E-state index contributed by atoms with van der Waals surface area (Å²) >= 11 is 1.68. The molecule has 6 rings (SSSR count). The number of ether oxygens (including phenoxy) is 1. The SMILES string of the molecule is NC(=O)C1(c2cccc(Sc3ccc4c(ccc5nnc(-c6ccccc6)n54)c3)c2)CCOCC1. The van der Waals surface area contributed by atoms with Gasteiger partial charge in [-0.05, 0) is 66.3 Å². The van der Waals surface area contributed by atoms with Crippen molar-refractivity contribution in [3.63, 3.8) is 0 Å². The molecule has 0 radical (unpaired) electrons. The molecule has 0 unspecified atom stereocenters. The third kappa shape index (κ3) is 3.87. The molecule has 3 heterocycles. The summed E-state index contributed by atoms with van der Waals surface area (Å²) in [5.74, 6) is 0.549. The highest BCUT2D eigenvalue weighted by Gasteiger charge is 2.40. The maximum absolute atomic E-state index is 12.5. The van der Waals surface area contributed by atoms with E-state index in [0.717, 1.165) is 43.3 Å². The summed E-state index contributed by atoms with van der Waals surface area (Å²) in [4.78, 5) is 14.6. The van der Waals surface area contributed by atoms with Crippen molar-refractivity contribution < 1.29 is 9.53 Å². The standard InChI is InChI=1S/C28H24N4O2S/c29-27(33)28(13-15-34-16-14-28)21-7-4-8-22(18-21)35-23-10-11-24-20(17-23)9-12-25-30-31-26(32(24)25)19-5-2-1-3-6-19/h1-12,17-18H,13-16H2,(H2,29,33). The second-order valence-electron chi connectivity index (χ2n) is 8.83. The fourth-order valence-corrected chi connectivity index (χ4v) is 5.83. The Morgan fingerprint density at radius 3 is 2.49 bits per heavy atom. The number of carbonyl (C=O) groups is 1. The lowest BCUT2D eigenvalue weighted by molar-refractivity contribution is -0.127. The van der Waals surface area contributed by atoms with Gasteiger partial charge in [0.15, 0.2) is 11.5 Å². The molecule has 0 spiro atoms. The first kappa shape index (κ1) is 21.8. The minimum atomic E-state index is -0.661. The second-order valence-corrected chi connectivity index (χ2v) is 9.97. The molecule has 1 saturated heterocycles. The summed E-state index contributed by atoms with van der Waals surface area (Å²) in [6.45, 7) is 1.10. The Labute approximate surface area is 207 Å². The van der Waals surface area contributed by atoms with E-state index < -0.39 is 5.41 Å². The Bertz CT molecular complexity index is 1540. The van der Waals surface area contributed by atoms with Gasteiger partial charge >= 0.3 is 0 Å². The summed E-state index contributed by atoms with van der Waals surface area (Å²) in [7, 11) is 0. The van der Waals surface area contributed by atoms with Crippen LogP contribution >= 0.6 is 11.8 Å². The molecule has 2 N–H and O–H groups in total. The van der Waals surface area contributed by atoms with E-state index in [0.29, 0.717) is 26.1 Å². The minimum absolute atomic E-state index is 0.277. The fourth-order valence-electron chi connectivity index (χ4n) is 4.90. The van der Waals surface area contributed by atoms with Crippen molar-refractivity contribution in [3.05, 3.63) is 90.5 Å². The predicted molar refractivity (Wildman–Crippen MR) is 137 cm³/mol. The van der Waals surface area contributed by atoms with Crippen LogP contribution in [0.3, 0.4) is 0 Å². The van der Waals surface area contributed by atoms with Crippen LogP contribution in [-0.4, -0.2) is 33.7 Å². The first-order valence-corrected chi connectivity index (χ1v) is 12.5. The number of nitrogens with zero attached hydrogens (tertiary/aromatic N) is 3. The van der Waals surface area contributed by atoms with Gasteiger partial charge in [-0.15, -0.1) is 10.2 Å². The van der Waals surface area contributed by atoms with E-state index in [1.165, 1.54) is 0 Å². The summed E-state index contributed by atoms with van der Waals surface area (Å²) < 4.78 is 7.60. The number of amides is 1. The number of nitrogens with two attached hydrogens (primary N) is 1. The number of pyridine rings is 1. The normalized spacial score (nSPS) is 15.4. The molecule has 6 nitrogen and oxygen atoms in total. The maximum atomic E-state index is 12.5. The Hall–Kier alpha value is -3.68. The van der Waals surface area contributed by atoms with Gasteiger partial charge in [0.2, 0.25) is 5.91 Å². The van der Waals surface area contributed by atoms with Crippen LogP contribution in [0.15, 0.2) is 94.7 Å². The largest absolute Gasteiger partial charge is 0.381 e. The predicted octanol–water partition coefficient (Wildman–Crippen LogP) is 5.23. The molecule has 1 fully saturated rings. The summed E-state index contributed by atoms with van der Waals surface area (Å²) in [6, 6.07) is 28.8. The lowest BCUT2D eigenvalue weighted by atomic mass is 9.73. The van der Waals surface area contributed by atoms with E-state index in [2.05, 4.69) is 51.0 Å². The molecule has 0 bridgehead atoms. The zero-order valence-corrected chi connectivity index (χ0v) is 19.9. The Balaban J connectivity index is 1.36.